The maximum atomic E-state index is 13.5. The molecule has 0 aliphatic rings. The van der Waals surface area contributed by atoms with E-state index in [4.69, 9.17) is 10.6 Å². The number of anilines is 3. The fourth-order valence-corrected chi connectivity index (χ4v) is 1.49. The SMILES string of the molecule is COc1c(NN)ncnc1Nc1cccc(F)c1F. The van der Waals surface area contributed by atoms with Gasteiger partial charge in [0.25, 0.3) is 0 Å². The van der Waals surface area contributed by atoms with E-state index in [-0.39, 0.29) is 23.1 Å². The summed E-state index contributed by atoms with van der Waals surface area (Å²) in [6.07, 6.45) is 1.21. The van der Waals surface area contributed by atoms with Gasteiger partial charge >= 0.3 is 0 Å². The first kappa shape index (κ1) is 13.0. The molecule has 1 heterocycles. The third-order valence-electron chi connectivity index (χ3n) is 2.35. The molecule has 0 unspecified atom stereocenters. The molecule has 0 fully saturated rings. The summed E-state index contributed by atoms with van der Waals surface area (Å²) in [5.41, 5.74) is 2.25. The van der Waals surface area contributed by atoms with Gasteiger partial charge in [-0.25, -0.2) is 24.6 Å². The van der Waals surface area contributed by atoms with Crippen molar-refractivity contribution in [2.24, 2.45) is 5.84 Å². The molecular formula is C11H11F2N5O. The van der Waals surface area contributed by atoms with Crippen molar-refractivity contribution in [1.82, 2.24) is 9.97 Å². The highest BCUT2D eigenvalue weighted by Gasteiger charge is 2.14. The Bertz CT molecular complexity index is 593. The van der Waals surface area contributed by atoms with Crippen LogP contribution in [0.25, 0.3) is 0 Å². The van der Waals surface area contributed by atoms with Crippen molar-refractivity contribution < 1.29 is 13.5 Å². The zero-order chi connectivity index (χ0) is 13.8. The molecule has 100 valence electrons. The van der Waals surface area contributed by atoms with Crippen LogP contribution in [0.1, 0.15) is 0 Å². The number of hydrazine groups is 1. The minimum absolute atomic E-state index is 0.0695. The van der Waals surface area contributed by atoms with Crippen LogP contribution in [-0.2, 0) is 0 Å². The van der Waals surface area contributed by atoms with E-state index in [1.54, 1.807) is 0 Å². The van der Waals surface area contributed by atoms with E-state index >= 15 is 0 Å². The summed E-state index contributed by atoms with van der Waals surface area (Å²) in [6, 6.07) is 3.76. The van der Waals surface area contributed by atoms with E-state index in [9.17, 15) is 8.78 Å². The van der Waals surface area contributed by atoms with E-state index in [1.807, 2.05) is 0 Å². The lowest BCUT2D eigenvalue weighted by Crippen LogP contribution is -2.11. The van der Waals surface area contributed by atoms with Gasteiger partial charge in [0.05, 0.1) is 12.8 Å². The normalized spacial score (nSPS) is 10.1. The van der Waals surface area contributed by atoms with Crippen molar-refractivity contribution >= 4 is 17.3 Å². The third kappa shape index (κ3) is 2.52. The highest BCUT2D eigenvalue weighted by atomic mass is 19.2. The lowest BCUT2D eigenvalue weighted by atomic mass is 10.3. The molecule has 1 aromatic carbocycles. The largest absolute Gasteiger partial charge is 0.490 e. The number of hydrogen-bond donors (Lipinski definition) is 3. The summed E-state index contributed by atoms with van der Waals surface area (Å²) < 4.78 is 31.7. The number of nitrogens with one attached hydrogen (secondary N) is 2. The van der Waals surface area contributed by atoms with Crippen LogP contribution in [0.5, 0.6) is 5.75 Å². The van der Waals surface area contributed by atoms with Gasteiger partial charge in [-0.2, -0.15) is 0 Å². The number of benzene rings is 1. The number of nitrogens with zero attached hydrogens (tertiary/aromatic N) is 2. The first-order valence-corrected chi connectivity index (χ1v) is 5.24. The topological polar surface area (TPSA) is 85.1 Å². The van der Waals surface area contributed by atoms with Crippen LogP contribution in [0.15, 0.2) is 24.5 Å². The Balaban J connectivity index is 2.41. The molecule has 0 aliphatic carbocycles. The molecular weight excluding hydrogens is 256 g/mol. The molecule has 0 amide bonds. The number of nitrogen functional groups attached to an aromatic ring is 1. The van der Waals surface area contributed by atoms with E-state index in [1.165, 1.54) is 25.6 Å². The van der Waals surface area contributed by atoms with Crippen molar-refractivity contribution in [3.05, 3.63) is 36.2 Å². The average molecular weight is 267 g/mol. The van der Waals surface area contributed by atoms with E-state index in [0.717, 1.165) is 6.07 Å². The molecule has 1 aromatic heterocycles. The van der Waals surface area contributed by atoms with E-state index < -0.39 is 11.6 Å². The second-order valence-electron chi connectivity index (χ2n) is 3.47. The minimum Gasteiger partial charge on any atom is -0.490 e. The fourth-order valence-electron chi connectivity index (χ4n) is 1.49. The number of halogens is 2. The Kier molecular flexibility index (Phi) is 3.71. The maximum Gasteiger partial charge on any atom is 0.205 e. The summed E-state index contributed by atoms with van der Waals surface area (Å²) in [4.78, 5) is 7.72. The Hall–Kier alpha value is -2.48. The Morgan fingerprint density at radius 3 is 2.63 bits per heavy atom. The Morgan fingerprint density at radius 2 is 1.95 bits per heavy atom. The molecule has 0 atom stereocenters. The highest BCUT2D eigenvalue weighted by Crippen LogP contribution is 2.31. The van der Waals surface area contributed by atoms with Gasteiger partial charge in [-0.3, -0.25) is 0 Å². The van der Waals surface area contributed by atoms with Crippen LogP contribution in [0.3, 0.4) is 0 Å². The molecule has 0 aliphatic heterocycles. The molecule has 8 heteroatoms. The van der Waals surface area contributed by atoms with Gasteiger partial charge in [-0.1, -0.05) is 6.07 Å². The van der Waals surface area contributed by atoms with Gasteiger partial charge < -0.3 is 15.5 Å². The summed E-state index contributed by atoms with van der Waals surface area (Å²) in [5.74, 6) is 3.86. The zero-order valence-electron chi connectivity index (χ0n) is 9.95. The van der Waals surface area contributed by atoms with E-state index in [0.29, 0.717) is 0 Å². The molecule has 0 saturated carbocycles. The standard InChI is InChI=1S/C11H11F2N5O/c1-19-9-10(15-5-16-11(9)18-14)17-7-4-2-3-6(12)8(7)13/h2-5H,14H2,1H3,(H2,15,16,17,18). The Labute approximate surface area is 107 Å². The monoisotopic (exact) mass is 267 g/mol. The van der Waals surface area contributed by atoms with Crippen molar-refractivity contribution in [3.63, 3.8) is 0 Å². The molecule has 2 aromatic rings. The first-order chi connectivity index (χ1) is 9.17. The lowest BCUT2D eigenvalue weighted by Gasteiger charge is -2.13. The number of hydrogen-bond acceptors (Lipinski definition) is 6. The van der Waals surface area contributed by atoms with Gasteiger partial charge in [0.1, 0.15) is 6.33 Å². The Morgan fingerprint density at radius 1 is 1.21 bits per heavy atom. The fraction of sp³-hybridized carbons (Fsp3) is 0.0909. The van der Waals surface area contributed by atoms with Gasteiger partial charge in [-0.15, -0.1) is 0 Å². The molecule has 19 heavy (non-hydrogen) atoms. The minimum atomic E-state index is -1.01. The van der Waals surface area contributed by atoms with Crippen molar-refractivity contribution in [2.45, 2.75) is 0 Å². The summed E-state index contributed by atoms with van der Waals surface area (Å²) in [6.45, 7) is 0. The smallest absolute Gasteiger partial charge is 0.205 e. The quantitative estimate of drug-likeness (QED) is 0.578. The van der Waals surface area contributed by atoms with E-state index in [2.05, 4.69) is 20.7 Å². The molecule has 0 spiro atoms. The second-order valence-corrected chi connectivity index (χ2v) is 3.47. The van der Waals surface area contributed by atoms with Crippen molar-refractivity contribution in [2.75, 3.05) is 17.9 Å². The molecule has 0 bridgehead atoms. The van der Waals surface area contributed by atoms with Crippen LogP contribution in [-0.4, -0.2) is 17.1 Å². The predicted octanol–water partition coefficient (Wildman–Crippen LogP) is 1.79. The second kappa shape index (κ2) is 5.44. The van der Waals surface area contributed by atoms with Gasteiger partial charge in [0, 0.05) is 0 Å². The summed E-state index contributed by atoms with van der Waals surface area (Å²) in [7, 11) is 1.38. The van der Waals surface area contributed by atoms with Crippen LogP contribution in [0, 0.1) is 11.6 Å². The van der Waals surface area contributed by atoms with Crippen molar-refractivity contribution in [1.29, 1.82) is 0 Å². The lowest BCUT2D eigenvalue weighted by molar-refractivity contribution is 0.415. The van der Waals surface area contributed by atoms with Crippen LogP contribution >= 0.6 is 0 Å². The number of rotatable bonds is 4. The molecule has 4 N–H and O–H groups in total. The van der Waals surface area contributed by atoms with Gasteiger partial charge in [0.2, 0.25) is 5.75 Å². The van der Waals surface area contributed by atoms with Crippen molar-refractivity contribution in [3.8, 4) is 5.75 Å². The van der Waals surface area contributed by atoms with Crippen LogP contribution < -0.4 is 21.3 Å². The molecule has 2 rings (SSSR count). The first-order valence-electron chi connectivity index (χ1n) is 5.24. The van der Waals surface area contributed by atoms with Gasteiger partial charge in [-0.05, 0) is 12.1 Å². The number of aromatic nitrogens is 2. The van der Waals surface area contributed by atoms with Gasteiger partial charge in [0.15, 0.2) is 23.3 Å². The third-order valence-corrected chi connectivity index (χ3v) is 2.35. The molecule has 0 saturated heterocycles. The summed E-state index contributed by atoms with van der Waals surface area (Å²) >= 11 is 0. The average Bonchev–Trinajstić information content (AvgIpc) is 2.43. The number of nitrogens with two attached hydrogens (primary N) is 1. The number of methoxy groups -OCH3 is 1. The molecule has 0 radical (unpaired) electrons. The van der Waals surface area contributed by atoms with Crippen LogP contribution in [0.4, 0.5) is 26.1 Å². The van der Waals surface area contributed by atoms with Crippen LogP contribution in [0.2, 0.25) is 0 Å². The summed E-state index contributed by atoms with van der Waals surface area (Å²) in [5, 5.41) is 2.62. The number of ether oxygens (including phenoxy) is 1. The highest BCUT2D eigenvalue weighted by molar-refractivity contribution is 5.69. The molecule has 6 nitrogen and oxygen atoms in total. The zero-order valence-corrected chi connectivity index (χ0v) is 9.95. The predicted molar refractivity (Wildman–Crippen MR) is 66.0 cm³/mol. The maximum absolute atomic E-state index is 13.5.